The lowest BCUT2D eigenvalue weighted by molar-refractivity contribution is -0.138. The maximum Gasteiger partial charge on any atom is 0.234 e. The number of carbonyl (C=O) groups is 2. The summed E-state index contributed by atoms with van der Waals surface area (Å²) in [4.78, 5) is 31.1. The number of imide groups is 1. The molecule has 0 radical (unpaired) electrons. The quantitative estimate of drug-likeness (QED) is 0.690. The molecular formula is C11H11N3O2. The van der Waals surface area contributed by atoms with Crippen molar-refractivity contribution in [3.63, 3.8) is 0 Å². The first-order valence-electron chi connectivity index (χ1n) is 5.31. The van der Waals surface area contributed by atoms with Crippen LogP contribution in [0.1, 0.15) is 30.7 Å². The highest BCUT2D eigenvalue weighted by atomic mass is 16.2. The highest BCUT2D eigenvalue weighted by Gasteiger charge is 2.55. The van der Waals surface area contributed by atoms with E-state index in [9.17, 15) is 9.59 Å². The molecule has 16 heavy (non-hydrogen) atoms. The molecule has 82 valence electrons. The van der Waals surface area contributed by atoms with E-state index in [2.05, 4.69) is 15.3 Å². The van der Waals surface area contributed by atoms with Gasteiger partial charge in [0.25, 0.3) is 0 Å². The molecule has 2 fully saturated rings. The zero-order valence-corrected chi connectivity index (χ0v) is 8.64. The van der Waals surface area contributed by atoms with Crippen molar-refractivity contribution in [1.29, 1.82) is 0 Å². The van der Waals surface area contributed by atoms with E-state index in [-0.39, 0.29) is 23.1 Å². The first-order valence-corrected chi connectivity index (χ1v) is 5.31. The second kappa shape index (κ2) is 3.10. The molecule has 5 heteroatoms. The third kappa shape index (κ3) is 1.31. The van der Waals surface area contributed by atoms with Gasteiger partial charge in [-0.1, -0.05) is 0 Å². The average Bonchev–Trinajstić information content (AvgIpc) is 3.06. The van der Waals surface area contributed by atoms with Crippen LogP contribution < -0.4 is 5.32 Å². The van der Waals surface area contributed by atoms with Crippen LogP contribution in [0.5, 0.6) is 0 Å². The monoisotopic (exact) mass is 217 g/mol. The summed E-state index contributed by atoms with van der Waals surface area (Å²) in [5.74, 6) is -0.607. The van der Waals surface area contributed by atoms with Gasteiger partial charge < -0.3 is 0 Å². The molecule has 2 amide bonds. The number of nitrogens with one attached hydrogen (secondary N) is 1. The van der Waals surface area contributed by atoms with E-state index in [0.717, 1.165) is 18.4 Å². The van der Waals surface area contributed by atoms with E-state index in [4.69, 9.17) is 0 Å². The summed E-state index contributed by atoms with van der Waals surface area (Å²) in [6.07, 6.45) is 7.09. The molecule has 1 saturated heterocycles. The Morgan fingerprint density at radius 3 is 2.56 bits per heavy atom. The topological polar surface area (TPSA) is 72.0 Å². The summed E-state index contributed by atoms with van der Waals surface area (Å²) in [5.41, 5.74) is 0.507. The SMILES string of the molecule is O=C1NC(=O)C2(CC2)CC1c1cncnc1. The number of aromatic nitrogens is 2. The van der Waals surface area contributed by atoms with Crippen molar-refractivity contribution in [1.82, 2.24) is 15.3 Å². The van der Waals surface area contributed by atoms with Gasteiger partial charge in [-0.05, 0) is 19.3 Å². The third-order valence-corrected chi connectivity index (χ3v) is 3.47. The molecule has 1 atom stereocenters. The van der Waals surface area contributed by atoms with E-state index in [1.807, 2.05) is 0 Å². The lowest BCUT2D eigenvalue weighted by Crippen LogP contribution is -2.46. The van der Waals surface area contributed by atoms with Crippen LogP contribution in [0.15, 0.2) is 18.7 Å². The Morgan fingerprint density at radius 2 is 1.94 bits per heavy atom. The Morgan fingerprint density at radius 1 is 1.25 bits per heavy atom. The first kappa shape index (κ1) is 9.45. The number of amides is 2. The maximum absolute atomic E-state index is 11.7. The molecule has 1 N–H and O–H groups in total. The van der Waals surface area contributed by atoms with Crippen molar-refractivity contribution in [2.75, 3.05) is 0 Å². The predicted octanol–water partition coefficient (Wildman–Crippen LogP) is 0.387. The van der Waals surface area contributed by atoms with Crippen LogP contribution in [0.2, 0.25) is 0 Å². The fourth-order valence-corrected chi connectivity index (χ4v) is 2.25. The lowest BCUT2D eigenvalue weighted by Gasteiger charge is -2.27. The summed E-state index contributed by atoms with van der Waals surface area (Å²) < 4.78 is 0. The minimum atomic E-state index is -0.283. The van der Waals surface area contributed by atoms with E-state index in [1.54, 1.807) is 12.4 Å². The molecule has 1 aliphatic carbocycles. The van der Waals surface area contributed by atoms with Crippen molar-refractivity contribution in [2.24, 2.45) is 5.41 Å². The molecule has 2 aliphatic rings. The molecule has 1 saturated carbocycles. The van der Waals surface area contributed by atoms with Crippen LogP contribution in [0.3, 0.4) is 0 Å². The van der Waals surface area contributed by atoms with E-state index >= 15 is 0 Å². The predicted molar refractivity (Wildman–Crippen MR) is 54.2 cm³/mol. The number of rotatable bonds is 1. The number of piperidine rings is 1. The molecule has 0 bridgehead atoms. The van der Waals surface area contributed by atoms with Crippen LogP contribution in [0.4, 0.5) is 0 Å². The van der Waals surface area contributed by atoms with Crippen LogP contribution in [-0.4, -0.2) is 21.8 Å². The van der Waals surface area contributed by atoms with Gasteiger partial charge in [-0.2, -0.15) is 0 Å². The maximum atomic E-state index is 11.7. The second-order valence-electron chi connectivity index (χ2n) is 4.53. The van der Waals surface area contributed by atoms with Crippen molar-refractivity contribution in [2.45, 2.75) is 25.2 Å². The van der Waals surface area contributed by atoms with Crippen LogP contribution in [0, 0.1) is 5.41 Å². The van der Waals surface area contributed by atoms with Gasteiger partial charge in [-0.15, -0.1) is 0 Å². The molecule has 5 nitrogen and oxygen atoms in total. The fourth-order valence-electron chi connectivity index (χ4n) is 2.25. The van der Waals surface area contributed by atoms with Crippen molar-refractivity contribution in [3.8, 4) is 0 Å². The van der Waals surface area contributed by atoms with Gasteiger partial charge in [0.1, 0.15) is 6.33 Å². The van der Waals surface area contributed by atoms with Gasteiger partial charge in [0, 0.05) is 18.0 Å². The van der Waals surface area contributed by atoms with Gasteiger partial charge in [0.05, 0.1) is 11.3 Å². The Hall–Kier alpha value is -1.78. The highest BCUT2D eigenvalue weighted by molar-refractivity contribution is 6.04. The molecule has 1 aliphatic heterocycles. The molecule has 0 aromatic carbocycles. The normalized spacial score (nSPS) is 26.6. The van der Waals surface area contributed by atoms with Crippen molar-refractivity contribution >= 4 is 11.8 Å². The van der Waals surface area contributed by atoms with Crippen molar-refractivity contribution < 1.29 is 9.59 Å². The van der Waals surface area contributed by atoms with Gasteiger partial charge >= 0.3 is 0 Å². The van der Waals surface area contributed by atoms with Crippen LogP contribution in [-0.2, 0) is 9.59 Å². The third-order valence-electron chi connectivity index (χ3n) is 3.47. The van der Waals surface area contributed by atoms with Gasteiger partial charge in [0.15, 0.2) is 0 Å². The minimum absolute atomic E-state index is 0.106. The second-order valence-corrected chi connectivity index (χ2v) is 4.53. The number of nitrogens with zero attached hydrogens (tertiary/aromatic N) is 2. The number of hydrogen-bond acceptors (Lipinski definition) is 4. The summed E-state index contributed by atoms with van der Waals surface area (Å²) in [6.45, 7) is 0. The molecular weight excluding hydrogens is 206 g/mol. The summed E-state index contributed by atoms with van der Waals surface area (Å²) in [6, 6.07) is 0. The molecule has 1 aromatic heterocycles. The van der Waals surface area contributed by atoms with Gasteiger partial charge in [-0.3, -0.25) is 14.9 Å². The Balaban J connectivity index is 1.91. The van der Waals surface area contributed by atoms with Gasteiger partial charge in [-0.25, -0.2) is 9.97 Å². The standard InChI is InChI=1S/C11H11N3O2/c15-9-8(7-4-12-6-13-5-7)3-11(1-2-11)10(16)14-9/h4-6,8H,1-3H2,(H,14,15,16). The first-order chi connectivity index (χ1) is 7.71. The fraction of sp³-hybridized carbons (Fsp3) is 0.455. The number of carbonyl (C=O) groups excluding carboxylic acids is 2. The summed E-state index contributed by atoms with van der Waals surface area (Å²) in [5, 5.41) is 2.45. The van der Waals surface area contributed by atoms with E-state index < -0.39 is 0 Å². The van der Waals surface area contributed by atoms with Crippen LogP contribution >= 0.6 is 0 Å². The molecule has 1 aromatic rings. The zero-order valence-electron chi connectivity index (χ0n) is 8.64. The summed E-state index contributed by atoms with van der Waals surface area (Å²) in [7, 11) is 0. The molecule has 2 heterocycles. The average molecular weight is 217 g/mol. The van der Waals surface area contributed by atoms with E-state index in [1.165, 1.54) is 6.33 Å². The van der Waals surface area contributed by atoms with Gasteiger partial charge in [0.2, 0.25) is 11.8 Å². The van der Waals surface area contributed by atoms with E-state index in [0.29, 0.717) is 6.42 Å². The van der Waals surface area contributed by atoms with Crippen molar-refractivity contribution in [3.05, 3.63) is 24.3 Å². The molecule has 1 spiro atoms. The molecule has 3 rings (SSSR count). The summed E-state index contributed by atoms with van der Waals surface area (Å²) >= 11 is 0. The minimum Gasteiger partial charge on any atom is -0.295 e. The smallest absolute Gasteiger partial charge is 0.234 e. The number of hydrogen-bond donors (Lipinski definition) is 1. The highest BCUT2D eigenvalue weighted by Crippen LogP contribution is 2.54. The Labute approximate surface area is 92.3 Å². The molecule has 1 unspecified atom stereocenters. The lowest BCUT2D eigenvalue weighted by atomic mass is 9.83. The zero-order chi connectivity index (χ0) is 11.2. The Kier molecular flexibility index (Phi) is 1.83. The van der Waals surface area contributed by atoms with Crippen LogP contribution in [0.25, 0.3) is 0 Å². The largest absolute Gasteiger partial charge is 0.295 e. The Bertz CT molecular complexity index is 454.